The molecule has 0 bridgehead atoms. The summed E-state index contributed by atoms with van der Waals surface area (Å²) in [6.45, 7) is 1.84. The Kier molecular flexibility index (Phi) is 2.61. The van der Waals surface area contributed by atoms with E-state index in [2.05, 4.69) is 9.59 Å². The van der Waals surface area contributed by atoms with Crippen molar-refractivity contribution in [3.63, 3.8) is 0 Å². The Morgan fingerprint density at radius 1 is 1.44 bits per heavy atom. The number of aryl methyl sites for hydroxylation is 1. The van der Waals surface area contributed by atoms with Crippen LogP contribution in [-0.4, -0.2) is 9.59 Å². The first-order chi connectivity index (χ1) is 8.66. The van der Waals surface area contributed by atoms with Gasteiger partial charge in [-0.25, -0.2) is 4.39 Å². The van der Waals surface area contributed by atoms with Crippen LogP contribution in [0.3, 0.4) is 0 Å². The minimum atomic E-state index is -0.461. The summed E-state index contributed by atoms with van der Waals surface area (Å²) in [5.41, 5.74) is 7.10. The quantitative estimate of drug-likeness (QED) is 0.772. The maximum absolute atomic E-state index is 13.5. The minimum absolute atomic E-state index is 0.234. The van der Waals surface area contributed by atoms with E-state index in [0.717, 1.165) is 10.6 Å². The molecular formula is C12H10FN3OS. The fraction of sp³-hybridized carbons (Fsp3) is 0.167. The van der Waals surface area contributed by atoms with Crippen molar-refractivity contribution < 1.29 is 8.81 Å². The number of para-hydroxylation sites is 1. The molecule has 6 heteroatoms. The topological polar surface area (TPSA) is 64.9 Å². The predicted molar refractivity (Wildman–Crippen MR) is 66.8 cm³/mol. The number of benzene rings is 1. The number of fused-ring (bicyclic) bond motifs is 1. The summed E-state index contributed by atoms with van der Waals surface area (Å²) < 4.78 is 22.9. The Morgan fingerprint density at radius 2 is 2.28 bits per heavy atom. The molecule has 0 spiro atoms. The van der Waals surface area contributed by atoms with Crippen LogP contribution in [0.5, 0.6) is 0 Å². The molecule has 0 aliphatic heterocycles. The summed E-state index contributed by atoms with van der Waals surface area (Å²) in [5.74, 6) is 0.134. The van der Waals surface area contributed by atoms with Crippen LogP contribution in [0.25, 0.3) is 11.0 Å². The van der Waals surface area contributed by atoms with Gasteiger partial charge < -0.3 is 10.2 Å². The van der Waals surface area contributed by atoms with Crippen LogP contribution in [-0.2, 0) is 0 Å². The highest BCUT2D eigenvalue weighted by Gasteiger charge is 2.19. The first-order valence-corrected chi connectivity index (χ1v) is 6.16. The monoisotopic (exact) mass is 263 g/mol. The van der Waals surface area contributed by atoms with Crippen LogP contribution in [0.4, 0.5) is 4.39 Å². The van der Waals surface area contributed by atoms with E-state index in [9.17, 15) is 4.39 Å². The lowest BCUT2D eigenvalue weighted by Crippen LogP contribution is -2.10. The highest BCUT2D eigenvalue weighted by atomic mass is 32.1. The summed E-state index contributed by atoms with van der Waals surface area (Å²) in [7, 11) is 0. The molecule has 3 rings (SSSR count). The number of nitrogens with zero attached hydrogens (tertiary/aromatic N) is 2. The molecule has 0 radical (unpaired) electrons. The third-order valence-corrected chi connectivity index (χ3v) is 3.70. The van der Waals surface area contributed by atoms with E-state index in [1.54, 1.807) is 18.2 Å². The molecular weight excluding hydrogens is 253 g/mol. The average molecular weight is 263 g/mol. The minimum Gasteiger partial charge on any atom is -0.456 e. The van der Waals surface area contributed by atoms with Crippen LogP contribution >= 0.6 is 11.5 Å². The van der Waals surface area contributed by atoms with E-state index in [1.807, 2.05) is 6.92 Å². The second kappa shape index (κ2) is 4.15. The van der Waals surface area contributed by atoms with Crippen molar-refractivity contribution in [3.8, 4) is 0 Å². The lowest BCUT2D eigenvalue weighted by Gasteiger charge is -2.05. The van der Waals surface area contributed by atoms with Crippen LogP contribution in [0, 0.1) is 12.7 Å². The Morgan fingerprint density at radius 3 is 2.94 bits per heavy atom. The molecule has 3 aromatic rings. The summed E-state index contributed by atoms with van der Waals surface area (Å²) in [4.78, 5) is 0.828. The van der Waals surface area contributed by atoms with Gasteiger partial charge in [-0.15, -0.1) is 5.10 Å². The molecule has 0 aliphatic carbocycles. The molecule has 0 amide bonds. The molecule has 1 unspecified atom stereocenters. The molecule has 0 saturated carbocycles. The average Bonchev–Trinajstić information content (AvgIpc) is 2.95. The maximum Gasteiger partial charge on any atom is 0.169 e. The summed E-state index contributed by atoms with van der Waals surface area (Å²) >= 11 is 1.23. The molecule has 1 aromatic carbocycles. The van der Waals surface area contributed by atoms with Gasteiger partial charge >= 0.3 is 0 Å². The number of hydrogen-bond donors (Lipinski definition) is 1. The Hall–Kier alpha value is -1.79. The summed E-state index contributed by atoms with van der Waals surface area (Å²) in [6.07, 6.45) is 0. The third-order valence-electron chi connectivity index (χ3n) is 2.79. The molecule has 2 aromatic heterocycles. The second-order valence-corrected chi connectivity index (χ2v) is 4.79. The van der Waals surface area contributed by atoms with Crippen molar-refractivity contribution in [1.82, 2.24) is 9.59 Å². The van der Waals surface area contributed by atoms with Crippen molar-refractivity contribution in [2.45, 2.75) is 13.0 Å². The SMILES string of the molecule is Cc1nnsc1C(N)c1cc2cccc(F)c2o1. The summed E-state index contributed by atoms with van der Waals surface area (Å²) in [6, 6.07) is 6.08. The van der Waals surface area contributed by atoms with Crippen LogP contribution in [0.2, 0.25) is 0 Å². The van der Waals surface area contributed by atoms with Gasteiger partial charge in [-0.2, -0.15) is 0 Å². The number of nitrogens with two attached hydrogens (primary N) is 1. The fourth-order valence-electron chi connectivity index (χ4n) is 1.85. The highest BCUT2D eigenvalue weighted by molar-refractivity contribution is 7.05. The summed E-state index contributed by atoms with van der Waals surface area (Å²) in [5, 5.41) is 4.61. The Balaban J connectivity index is 2.10. The third kappa shape index (κ3) is 1.70. The number of halogens is 1. The smallest absolute Gasteiger partial charge is 0.169 e. The van der Waals surface area contributed by atoms with Crippen molar-refractivity contribution in [2.75, 3.05) is 0 Å². The van der Waals surface area contributed by atoms with Gasteiger partial charge in [-0.3, -0.25) is 0 Å². The molecule has 0 aliphatic rings. The predicted octanol–water partition coefficient (Wildman–Crippen LogP) is 2.78. The largest absolute Gasteiger partial charge is 0.456 e. The normalized spacial score (nSPS) is 13.1. The van der Waals surface area contributed by atoms with Crippen LogP contribution in [0.15, 0.2) is 28.7 Å². The fourth-order valence-corrected chi connectivity index (χ4v) is 2.51. The van der Waals surface area contributed by atoms with Gasteiger partial charge in [0.1, 0.15) is 11.8 Å². The van der Waals surface area contributed by atoms with Crippen molar-refractivity contribution in [1.29, 1.82) is 0 Å². The van der Waals surface area contributed by atoms with Gasteiger partial charge in [0.25, 0.3) is 0 Å². The van der Waals surface area contributed by atoms with Crippen molar-refractivity contribution in [3.05, 3.63) is 46.4 Å². The van der Waals surface area contributed by atoms with E-state index in [0.29, 0.717) is 11.1 Å². The first kappa shape index (κ1) is 11.3. The van der Waals surface area contributed by atoms with Crippen molar-refractivity contribution >= 4 is 22.5 Å². The van der Waals surface area contributed by atoms with Gasteiger partial charge in [-0.1, -0.05) is 16.6 Å². The molecule has 18 heavy (non-hydrogen) atoms. The first-order valence-electron chi connectivity index (χ1n) is 5.39. The molecule has 4 nitrogen and oxygen atoms in total. The number of rotatable bonds is 2. The lowest BCUT2D eigenvalue weighted by atomic mass is 10.1. The molecule has 0 saturated heterocycles. The number of furan rings is 1. The van der Waals surface area contributed by atoms with E-state index in [4.69, 9.17) is 10.2 Å². The van der Waals surface area contributed by atoms with Gasteiger partial charge in [0.2, 0.25) is 0 Å². The van der Waals surface area contributed by atoms with Gasteiger partial charge in [-0.05, 0) is 30.6 Å². The zero-order valence-corrected chi connectivity index (χ0v) is 10.4. The Bertz CT molecular complexity index is 706. The molecule has 92 valence electrons. The standard InChI is InChI=1S/C12H10FN3OS/c1-6-12(18-16-15-6)10(14)9-5-7-3-2-4-8(13)11(7)17-9/h2-5,10H,14H2,1H3. The van der Waals surface area contributed by atoms with E-state index in [1.165, 1.54) is 17.6 Å². The van der Waals surface area contributed by atoms with Crippen LogP contribution < -0.4 is 5.73 Å². The van der Waals surface area contributed by atoms with Gasteiger partial charge in [0.05, 0.1) is 10.6 Å². The zero-order chi connectivity index (χ0) is 12.7. The van der Waals surface area contributed by atoms with Crippen LogP contribution in [0.1, 0.15) is 22.4 Å². The van der Waals surface area contributed by atoms with E-state index >= 15 is 0 Å². The zero-order valence-electron chi connectivity index (χ0n) is 9.55. The highest BCUT2D eigenvalue weighted by Crippen LogP contribution is 2.30. The number of aromatic nitrogens is 2. The van der Waals surface area contributed by atoms with Gasteiger partial charge in [0, 0.05) is 5.39 Å². The lowest BCUT2D eigenvalue weighted by molar-refractivity contribution is 0.503. The molecule has 0 fully saturated rings. The number of hydrogen-bond acceptors (Lipinski definition) is 5. The Labute approximate surface area is 106 Å². The van der Waals surface area contributed by atoms with E-state index in [-0.39, 0.29) is 11.4 Å². The second-order valence-electron chi connectivity index (χ2n) is 4.01. The van der Waals surface area contributed by atoms with E-state index < -0.39 is 6.04 Å². The molecule has 2 N–H and O–H groups in total. The molecule has 2 heterocycles. The molecule has 1 atom stereocenters. The van der Waals surface area contributed by atoms with Crippen molar-refractivity contribution in [2.24, 2.45) is 5.73 Å². The maximum atomic E-state index is 13.5. The van der Waals surface area contributed by atoms with Gasteiger partial charge in [0.15, 0.2) is 11.4 Å².